The van der Waals surface area contributed by atoms with Crippen molar-refractivity contribution in [1.82, 2.24) is 0 Å². The van der Waals surface area contributed by atoms with Crippen LogP contribution in [0.25, 0.3) is 6.08 Å². The van der Waals surface area contributed by atoms with Gasteiger partial charge in [0.2, 0.25) is 0 Å². The molecule has 0 unspecified atom stereocenters. The second kappa shape index (κ2) is 13.7. The third kappa shape index (κ3) is 13.8. The molecule has 1 rings (SSSR count). The molecule has 0 aromatic heterocycles. The minimum absolute atomic E-state index is 0.00621. The molecular weight excluding hydrogens is 351 g/mol. The number of ether oxygens (including phenoxy) is 1. The molecule has 0 aliphatic carbocycles. The molecule has 0 aliphatic rings. The van der Waals surface area contributed by atoms with Gasteiger partial charge in [-0.15, -0.1) is 0 Å². The first kappa shape index (κ1) is 22.6. The molecule has 6 heteroatoms. The zero-order valence-electron chi connectivity index (χ0n) is 15.4. The second-order valence-corrected chi connectivity index (χ2v) is 8.26. The van der Waals surface area contributed by atoms with E-state index in [0.717, 1.165) is 56.9 Å². The Balaban J connectivity index is 1.88. The monoisotopic (exact) mass is 382 g/mol. The standard InChI is InChI=1S/C20H31O5P/c21-20(16-15-19-13-9-8-10-14-19)25-17-11-6-4-2-1-3-5-7-12-18-26(22,23)24/h8-10,13-16H,1-7,11-12,17-18H2,(H2,22,23,24)/b16-15+. The summed E-state index contributed by atoms with van der Waals surface area (Å²) in [6, 6.07) is 9.64. The SMILES string of the molecule is O=C(/C=C/c1ccccc1)OCCCCCCCCCCCP(=O)(O)O. The minimum atomic E-state index is -3.81. The lowest BCUT2D eigenvalue weighted by Crippen LogP contribution is -2.02. The molecule has 0 atom stereocenters. The molecule has 1 aromatic carbocycles. The highest BCUT2D eigenvalue weighted by Crippen LogP contribution is 2.35. The number of benzene rings is 1. The van der Waals surface area contributed by atoms with Gasteiger partial charge >= 0.3 is 13.6 Å². The predicted molar refractivity (Wildman–Crippen MR) is 105 cm³/mol. The number of unbranched alkanes of at least 4 members (excludes halogenated alkanes) is 8. The molecule has 1 aromatic rings. The summed E-state index contributed by atoms with van der Waals surface area (Å²) >= 11 is 0. The molecule has 26 heavy (non-hydrogen) atoms. The smallest absolute Gasteiger partial charge is 0.330 e. The molecule has 0 aliphatic heterocycles. The maximum absolute atomic E-state index is 11.6. The van der Waals surface area contributed by atoms with Crippen molar-refractivity contribution in [2.75, 3.05) is 12.8 Å². The fraction of sp³-hybridized carbons (Fsp3) is 0.550. The average Bonchev–Trinajstić information content (AvgIpc) is 2.61. The van der Waals surface area contributed by atoms with Gasteiger partial charge in [-0.1, -0.05) is 75.3 Å². The summed E-state index contributed by atoms with van der Waals surface area (Å²) in [5.74, 6) is -0.302. The number of rotatable bonds is 14. The van der Waals surface area contributed by atoms with E-state index in [4.69, 9.17) is 14.5 Å². The van der Waals surface area contributed by atoms with E-state index >= 15 is 0 Å². The van der Waals surface area contributed by atoms with Crippen LogP contribution in [0, 0.1) is 0 Å². The van der Waals surface area contributed by atoms with Crippen LogP contribution in [0.1, 0.15) is 63.4 Å². The van der Waals surface area contributed by atoms with Gasteiger partial charge in [-0.05, 0) is 24.5 Å². The third-order valence-corrected chi connectivity index (χ3v) is 4.95. The summed E-state index contributed by atoms with van der Waals surface area (Å²) in [6.07, 6.45) is 12.2. The lowest BCUT2D eigenvalue weighted by atomic mass is 10.1. The van der Waals surface area contributed by atoms with Crippen LogP contribution in [0.2, 0.25) is 0 Å². The first-order valence-corrected chi connectivity index (χ1v) is 11.2. The molecule has 0 saturated heterocycles. The summed E-state index contributed by atoms with van der Waals surface area (Å²) in [5.41, 5.74) is 0.978. The zero-order chi connectivity index (χ0) is 19.1. The molecule has 0 heterocycles. The lowest BCUT2D eigenvalue weighted by Gasteiger charge is -2.04. The van der Waals surface area contributed by atoms with E-state index in [-0.39, 0.29) is 12.1 Å². The van der Waals surface area contributed by atoms with Gasteiger partial charge in [-0.3, -0.25) is 4.57 Å². The first-order valence-electron chi connectivity index (χ1n) is 9.42. The Kier molecular flexibility index (Phi) is 12.0. The topological polar surface area (TPSA) is 83.8 Å². The highest BCUT2D eigenvalue weighted by Gasteiger charge is 2.10. The lowest BCUT2D eigenvalue weighted by molar-refractivity contribution is -0.137. The Hall–Kier alpha value is -1.42. The van der Waals surface area contributed by atoms with Crippen LogP contribution in [-0.4, -0.2) is 28.5 Å². The van der Waals surface area contributed by atoms with Gasteiger partial charge in [0, 0.05) is 12.2 Å². The summed E-state index contributed by atoms with van der Waals surface area (Å²) in [6.45, 7) is 0.459. The Morgan fingerprint density at radius 1 is 0.885 bits per heavy atom. The van der Waals surface area contributed by atoms with Crippen LogP contribution in [0.5, 0.6) is 0 Å². The van der Waals surface area contributed by atoms with E-state index in [0.29, 0.717) is 13.0 Å². The van der Waals surface area contributed by atoms with E-state index in [1.54, 1.807) is 6.08 Å². The largest absolute Gasteiger partial charge is 0.463 e. The van der Waals surface area contributed by atoms with Crippen molar-refractivity contribution >= 4 is 19.6 Å². The van der Waals surface area contributed by atoms with Crippen molar-refractivity contribution < 1.29 is 23.9 Å². The van der Waals surface area contributed by atoms with E-state index in [2.05, 4.69) is 0 Å². The zero-order valence-corrected chi connectivity index (χ0v) is 16.3. The molecule has 2 N–H and O–H groups in total. The summed E-state index contributed by atoms with van der Waals surface area (Å²) in [5, 5.41) is 0. The Bertz CT molecular complexity index is 565. The molecule has 5 nitrogen and oxygen atoms in total. The molecular formula is C20H31O5P. The van der Waals surface area contributed by atoms with Crippen LogP contribution in [-0.2, 0) is 14.1 Å². The normalized spacial score (nSPS) is 11.8. The molecule has 146 valence electrons. The average molecular weight is 382 g/mol. The highest BCUT2D eigenvalue weighted by molar-refractivity contribution is 7.51. The summed E-state index contributed by atoms with van der Waals surface area (Å²) in [4.78, 5) is 29.1. The Labute approximate surface area is 156 Å². The molecule has 0 saturated carbocycles. The fourth-order valence-corrected chi connectivity index (χ4v) is 3.24. The number of esters is 1. The Morgan fingerprint density at radius 3 is 2.00 bits per heavy atom. The molecule has 0 fully saturated rings. The number of carbonyl (C=O) groups excluding carboxylic acids is 1. The van der Waals surface area contributed by atoms with Gasteiger partial charge in [0.25, 0.3) is 0 Å². The molecule has 0 spiro atoms. The van der Waals surface area contributed by atoms with Gasteiger partial charge in [-0.2, -0.15) is 0 Å². The minimum Gasteiger partial charge on any atom is -0.463 e. The van der Waals surface area contributed by atoms with Crippen molar-refractivity contribution in [2.24, 2.45) is 0 Å². The summed E-state index contributed by atoms with van der Waals surface area (Å²) in [7, 11) is -3.81. The van der Waals surface area contributed by atoms with Crippen LogP contribution < -0.4 is 0 Å². The maximum atomic E-state index is 11.6. The van der Waals surface area contributed by atoms with E-state index in [1.807, 2.05) is 30.3 Å². The van der Waals surface area contributed by atoms with Crippen LogP contribution >= 0.6 is 7.60 Å². The van der Waals surface area contributed by atoms with Crippen molar-refractivity contribution in [2.45, 2.75) is 57.8 Å². The van der Waals surface area contributed by atoms with E-state index in [9.17, 15) is 9.36 Å². The van der Waals surface area contributed by atoms with E-state index in [1.165, 1.54) is 6.08 Å². The quantitative estimate of drug-likeness (QED) is 0.206. The highest BCUT2D eigenvalue weighted by atomic mass is 31.2. The fourth-order valence-electron chi connectivity index (χ4n) is 2.61. The number of carbonyl (C=O) groups is 1. The molecule has 0 bridgehead atoms. The van der Waals surface area contributed by atoms with Crippen molar-refractivity contribution in [1.29, 1.82) is 0 Å². The van der Waals surface area contributed by atoms with Crippen LogP contribution in [0.15, 0.2) is 36.4 Å². The third-order valence-electron chi connectivity index (χ3n) is 4.05. The van der Waals surface area contributed by atoms with Crippen molar-refractivity contribution in [3.05, 3.63) is 42.0 Å². The predicted octanol–water partition coefficient (Wildman–Crippen LogP) is 4.93. The Morgan fingerprint density at radius 2 is 1.42 bits per heavy atom. The van der Waals surface area contributed by atoms with E-state index < -0.39 is 7.60 Å². The van der Waals surface area contributed by atoms with Crippen LogP contribution in [0.3, 0.4) is 0 Å². The second-order valence-electron chi connectivity index (χ2n) is 6.48. The van der Waals surface area contributed by atoms with Gasteiger partial charge in [0.05, 0.1) is 6.61 Å². The van der Waals surface area contributed by atoms with Gasteiger partial charge < -0.3 is 14.5 Å². The van der Waals surface area contributed by atoms with Crippen molar-refractivity contribution in [3.8, 4) is 0 Å². The number of hydrogen-bond donors (Lipinski definition) is 2. The summed E-state index contributed by atoms with van der Waals surface area (Å²) < 4.78 is 15.9. The molecule has 0 amide bonds. The van der Waals surface area contributed by atoms with Gasteiger partial charge in [-0.25, -0.2) is 4.79 Å². The van der Waals surface area contributed by atoms with Crippen LogP contribution in [0.4, 0.5) is 0 Å². The van der Waals surface area contributed by atoms with Crippen molar-refractivity contribution in [3.63, 3.8) is 0 Å². The number of hydrogen-bond acceptors (Lipinski definition) is 3. The first-order chi connectivity index (χ1) is 12.5. The maximum Gasteiger partial charge on any atom is 0.330 e. The van der Waals surface area contributed by atoms with Gasteiger partial charge in [0.15, 0.2) is 0 Å². The molecule has 0 radical (unpaired) electrons. The van der Waals surface area contributed by atoms with Gasteiger partial charge in [0.1, 0.15) is 0 Å².